The van der Waals surface area contributed by atoms with Crippen LogP contribution >= 0.6 is 11.8 Å². The van der Waals surface area contributed by atoms with E-state index in [4.69, 9.17) is 0 Å². The Kier molecular flexibility index (Phi) is 6.66. The summed E-state index contributed by atoms with van der Waals surface area (Å²) in [6, 6.07) is 14.4. The number of anilines is 2. The number of hydrogen-bond donors (Lipinski definition) is 1. The van der Waals surface area contributed by atoms with Gasteiger partial charge >= 0.3 is 0 Å². The molecule has 0 spiro atoms. The molecule has 1 fully saturated rings. The minimum Gasteiger partial charge on any atom is -0.326 e. The number of nitrogens with one attached hydrogen (secondary N) is 1. The molecule has 170 valence electrons. The molecule has 0 bridgehead atoms. The van der Waals surface area contributed by atoms with Crippen molar-refractivity contribution in [3.63, 3.8) is 0 Å². The van der Waals surface area contributed by atoms with E-state index in [0.29, 0.717) is 18.1 Å². The maximum atomic E-state index is 12.7. The average molecular weight is 451 g/mol. The predicted octanol–water partition coefficient (Wildman–Crippen LogP) is 6.35. The quantitative estimate of drug-likeness (QED) is 0.557. The second kappa shape index (κ2) is 9.30. The second-order valence-corrected chi connectivity index (χ2v) is 11.5. The van der Waals surface area contributed by atoms with Crippen molar-refractivity contribution in [1.82, 2.24) is 0 Å². The summed E-state index contributed by atoms with van der Waals surface area (Å²) < 4.78 is 0. The first-order valence-electron chi connectivity index (χ1n) is 11.6. The molecular weight excluding hydrogens is 416 g/mol. The van der Waals surface area contributed by atoms with Crippen LogP contribution < -0.4 is 10.2 Å². The van der Waals surface area contributed by atoms with Gasteiger partial charge in [0, 0.05) is 17.8 Å². The number of aryl methyl sites for hydroxylation is 2. The van der Waals surface area contributed by atoms with Crippen LogP contribution in [-0.2, 0) is 22.4 Å². The van der Waals surface area contributed by atoms with Gasteiger partial charge in [-0.05, 0) is 78.0 Å². The first kappa shape index (κ1) is 22.9. The molecule has 32 heavy (non-hydrogen) atoms. The third-order valence-corrected chi connectivity index (χ3v) is 7.41. The maximum Gasteiger partial charge on any atom is 0.238 e. The van der Waals surface area contributed by atoms with E-state index < -0.39 is 0 Å². The van der Waals surface area contributed by atoms with Gasteiger partial charge in [0.25, 0.3) is 0 Å². The third kappa shape index (κ3) is 5.37. The first-order chi connectivity index (χ1) is 15.2. The lowest BCUT2D eigenvalue weighted by Gasteiger charge is -2.25. The van der Waals surface area contributed by atoms with Crippen LogP contribution in [0.25, 0.3) is 0 Å². The van der Waals surface area contributed by atoms with Gasteiger partial charge in [0.05, 0.1) is 5.75 Å². The molecule has 0 radical (unpaired) electrons. The smallest absolute Gasteiger partial charge is 0.238 e. The Morgan fingerprint density at radius 1 is 1.12 bits per heavy atom. The third-order valence-electron chi connectivity index (χ3n) is 6.20. The molecule has 4 rings (SSSR count). The summed E-state index contributed by atoms with van der Waals surface area (Å²) >= 11 is 1.66. The van der Waals surface area contributed by atoms with Crippen LogP contribution in [-0.4, -0.2) is 17.6 Å². The monoisotopic (exact) mass is 450 g/mol. The molecule has 2 atom stereocenters. The van der Waals surface area contributed by atoms with E-state index in [-0.39, 0.29) is 22.6 Å². The molecule has 5 heteroatoms. The van der Waals surface area contributed by atoms with Crippen molar-refractivity contribution in [2.24, 2.45) is 11.3 Å². The summed E-state index contributed by atoms with van der Waals surface area (Å²) in [5.41, 5.74) is 5.91. The van der Waals surface area contributed by atoms with Crippen LogP contribution in [0.1, 0.15) is 69.0 Å². The van der Waals surface area contributed by atoms with Crippen LogP contribution in [0, 0.1) is 11.3 Å². The normalized spacial score (nSPS) is 19.2. The van der Waals surface area contributed by atoms with Crippen LogP contribution in [0.5, 0.6) is 0 Å². The largest absolute Gasteiger partial charge is 0.326 e. The highest BCUT2D eigenvalue weighted by Crippen LogP contribution is 2.43. The molecule has 1 heterocycles. The number of fused-ring (bicyclic) bond motifs is 1. The number of hydrogen-bond acceptors (Lipinski definition) is 3. The molecule has 1 aliphatic carbocycles. The van der Waals surface area contributed by atoms with E-state index >= 15 is 0 Å². The van der Waals surface area contributed by atoms with Gasteiger partial charge in [-0.15, -0.1) is 11.8 Å². The molecule has 1 aliphatic heterocycles. The number of carbonyl (C=O) groups is 2. The summed E-state index contributed by atoms with van der Waals surface area (Å²) in [7, 11) is 0. The van der Waals surface area contributed by atoms with Gasteiger partial charge in [-0.25, -0.2) is 0 Å². The predicted molar refractivity (Wildman–Crippen MR) is 134 cm³/mol. The molecule has 0 unspecified atom stereocenters. The fourth-order valence-electron chi connectivity index (χ4n) is 5.03. The molecule has 1 saturated heterocycles. The minimum atomic E-state index is -0.0292. The maximum absolute atomic E-state index is 12.7. The standard InChI is InChI=1S/C27H34N2O2S/c1-18(16-27(2,3)4)14-24(30)28-22-11-8-20(9-12-22)26-29(25(31)17-32-26)23-13-10-19-6-5-7-21(19)15-23/h8-13,15,18,26H,5-7,14,16-17H2,1-4H3,(H,28,30)/t18-,26+/m0/s1. The lowest BCUT2D eigenvalue weighted by molar-refractivity contribution is -0.117. The van der Waals surface area contributed by atoms with Gasteiger partial charge < -0.3 is 5.32 Å². The van der Waals surface area contributed by atoms with Gasteiger partial charge in [-0.2, -0.15) is 0 Å². The highest BCUT2D eigenvalue weighted by molar-refractivity contribution is 8.00. The summed E-state index contributed by atoms with van der Waals surface area (Å²) in [4.78, 5) is 27.1. The number of thioether (sulfide) groups is 1. The summed E-state index contributed by atoms with van der Waals surface area (Å²) in [6.45, 7) is 8.75. The van der Waals surface area contributed by atoms with Gasteiger partial charge in [0.15, 0.2) is 0 Å². The lowest BCUT2D eigenvalue weighted by Crippen LogP contribution is -2.27. The van der Waals surface area contributed by atoms with Crippen molar-refractivity contribution in [2.45, 2.75) is 65.2 Å². The SMILES string of the molecule is C[C@@H](CC(=O)Nc1ccc([C@H]2SCC(=O)N2c2ccc3c(c2)CCC3)cc1)CC(C)(C)C. The first-order valence-corrected chi connectivity index (χ1v) is 12.7. The number of rotatable bonds is 6. The Balaban J connectivity index is 1.43. The fourth-order valence-corrected chi connectivity index (χ4v) is 6.21. The van der Waals surface area contributed by atoms with Gasteiger partial charge in [0.2, 0.25) is 11.8 Å². The number of carbonyl (C=O) groups excluding carboxylic acids is 2. The van der Waals surface area contributed by atoms with E-state index in [1.165, 1.54) is 17.5 Å². The lowest BCUT2D eigenvalue weighted by atomic mass is 9.84. The Labute approximate surface area is 196 Å². The van der Waals surface area contributed by atoms with Crippen molar-refractivity contribution >= 4 is 35.0 Å². The van der Waals surface area contributed by atoms with E-state index in [1.54, 1.807) is 11.8 Å². The zero-order valence-corrected chi connectivity index (χ0v) is 20.4. The summed E-state index contributed by atoms with van der Waals surface area (Å²) in [5, 5.41) is 3.00. The van der Waals surface area contributed by atoms with E-state index in [9.17, 15) is 9.59 Å². The molecule has 0 aromatic heterocycles. The van der Waals surface area contributed by atoms with Crippen LogP contribution in [0.3, 0.4) is 0 Å². The minimum absolute atomic E-state index is 0.0292. The fraction of sp³-hybridized carbons (Fsp3) is 0.481. The Bertz CT molecular complexity index is 994. The van der Waals surface area contributed by atoms with Gasteiger partial charge in [-0.3, -0.25) is 14.5 Å². The molecule has 2 amide bonds. The molecule has 4 nitrogen and oxygen atoms in total. The van der Waals surface area contributed by atoms with E-state index in [0.717, 1.165) is 36.2 Å². The van der Waals surface area contributed by atoms with Crippen molar-refractivity contribution < 1.29 is 9.59 Å². The second-order valence-electron chi connectivity index (χ2n) is 10.5. The number of nitrogens with zero attached hydrogens (tertiary/aromatic N) is 1. The van der Waals surface area contributed by atoms with E-state index in [2.05, 4.69) is 51.2 Å². The van der Waals surface area contributed by atoms with Crippen molar-refractivity contribution in [1.29, 1.82) is 0 Å². The van der Waals surface area contributed by atoms with Crippen molar-refractivity contribution in [3.05, 3.63) is 59.2 Å². The highest BCUT2D eigenvalue weighted by Gasteiger charge is 2.34. The van der Waals surface area contributed by atoms with Gasteiger partial charge in [0.1, 0.15) is 5.37 Å². The summed E-state index contributed by atoms with van der Waals surface area (Å²) in [6.07, 6.45) is 4.99. The van der Waals surface area contributed by atoms with Crippen LogP contribution in [0.15, 0.2) is 42.5 Å². The Hall–Kier alpha value is -2.27. The van der Waals surface area contributed by atoms with Crippen LogP contribution in [0.2, 0.25) is 0 Å². The molecule has 2 aliphatic rings. The zero-order chi connectivity index (χ0) is 22.9. The Morgan fingerprint density at radius 2 is 1.84 bits per heavy atom. The van der Waals surface area contributed by atoms with Crippen molar-refractivity contribution in [3.8, 4) is 0 Å². The van der Waals surface area contributed by atoms with Crippen molar-refractivity contribution in [2.75, 3.05) is 16.0 Å². The molecule has 0 saturated carbocycles. The molecule has 2 aromatic carbocycles. The summed E-state index contributed by atoms with van der Waals surface area (Å²) in [5.74, 6) is 1.05. The number of amides is 2. The number of benzene rings is 2. The van der Waals surface area contributed by atoms with Crippen LogP contribution in [0.4, 0.5) is 11.4 Å². The molecule has 2 aromatic rings. The highest BCUT2D eigenvalue weighted by atomic mass is 32.2. The molecule has 1 N–H and O–H groups in total. The Morgan fingerprint density at radius 3 is 2.56 bits per heavy atom. The zero-order valence-electron chi connectivity index (χ0n) is 19.6. The van der Waals surface area contributed by atoms with E-state index in [1.807, 2.05) is 29.2 Å². The molecular formula is C27H34N2O2S. The van der Waals surface area contributed by atoms with Gasteiger partial charge in [-0.1, -0.05) is 45.9 Å². The average Bonchev–Trinajstić information content (AvgIpc) is 3.32. The topological polar surface area (TPSA) is 49.4 Å².